The number of hydrogen-bond acceptors (Lipinski definition) is 9. The highest BCUT2D eigenvalue weighted by Crippen LogP contribution is 2.23. The van der Waals surface area contributed by atoms with Gasteiger partial charge < -0.3 is 39.4 Å². The molecule has 1 aliphatic rings. The van der Waals surface area contributed by atoms with E-state index in [1.54, 1.807) is 0 Å². The predicted molar refractivity (Wildman–Crippen MR) is 256 cm³/mol. The molecule has 1 saturated heterocycles. The molecule has 4 N–H and O–H groups in total. The number of ether oxygens (including phenoxy) is 4. The molecule has 62 heavy (non-hydrogen) atoms. The summed E-state index contributed by atoms with van der Waals surface area (Å²) in [6, 6.07) is 0. The Morgan fingerprint density at radius 3 is 1.31 bits per heavy atom. The Hall–Kier alpha value is -1.07. The van der Waals surface area contributed by atoms with Crippen molar-refractivity contribution in [1.29, 1.82) is 0 Å². The molecule has 1 fully saturated rings. The van der Waals surface area contributed by atoms with Gasteiger partial charge in [0.25, 0.3) is 0 Å². The zero-order valence-corrected chi connectivity index (χ0v) is 40.6. The molecule has 0 amide bonds. The van der Waals surface area contributed by atoms with E-state index in [9.17, 15) is 25.2 Å². The molecule has 0 aromatic rings. The number of aliphatic hydroxyl groups excluding tert-OH is 4. The van der Waals surface area contributed by atoms with Crippen LogP contribution in [0.1, 0.15) is 258 Å². The average molecular weight is 883 g/mol. The fourth-order valence-electron chi connectivity index (χ4n) is 8.49. The highest BCUT2D eigenvalue weighted by atomic mass is 16.7. The van der Waals surface area contributed by atoms with Crippen LogP contribution >= 0.6 is 0 Å². The summed E-state index contributed by atoms with van der Waals surface area (Å²) >= 11 is 0. The van der Waals surface area contributed by atoms with E-state index >= 15 is 0 Å². The van der Waals surface area contributed by atoms with Gasteiger partial charge in [-0.3, -0.25) is 4.79 Å². The molecule has 0 spiro atoms. The third-order valence-electron chi connectivity index (χ3n) is 12.7. The minimum Gasteiger partial charge on any atom is -0.457 e. The fourth-order valence-corrected chi connectivity index (χ4v) is 8.49. The van der Waals surface area contributed by atoms with E-state index in [4.69, 9.17) is 18.9 Å². The van der Waals surface area contributed by atoms with Crippen molar-refractivity contribution in [3.05, 3.63) is 12.2 Å². The summed E-state index contributed by atoms with van der Waals surface area (Å²) in [6.45, 7) is 4.62. The van der Waals surface area contributed by atoms with E-state index in [1.165, 1.54) is 205 Å². The van der Waals surface area contributed by atoms with Crippen molar-refractivity contribution >= 4 is 5.97 Å². The normalized spacial score (nSPS) is 19.7. The molecule has 1 aliphatic heterocycles. The number of carbonyl (C=O) groups excluding carboxylic acids is 1. The van der Waals surface area contributed by atoms with Crippen LogP contribution in [0.4, 0.5) is 0 Å². The Morgan fingerprint density at radius 2 is 0.887 bits per heavy atom. The lowest BCUT2D eigenvalue weighted by Crippen LogP contribution is -2.59. The SMILES string of the molecule is CCCCCCCCCC/C=C\CCCCCCCCCCCC(=O)OC(COCCCCCCCCCCCCCCCCCCCC)COC1OC(CO)C(O)C(O)C1O. The first-order valence-corrected chi connectivity index (χ1v) is 26.8. The van der Waals surface area contributed by atoms with Crippen LogP contribution in [-0.4, -0.2) is 89.6 Å². The van der Waals surface area contributed by atoms with Crippen LogP contribution < -0.4 is 0 Å². The number of hydrogen-bond donors (Lipinski definition) is 4. The largest absolute Gasteiger partial charge is 0.457 e. The first-order valence-electron chi connectivity index (χ1n) is 26.8. The zero-order valence-electron chi connectivity index (χ0n) is 40.6. The van der Waals surface area contributed by atoms with Crippen LogP contribution in [0.2, 0.25) is 0 Å². The molecule has 1 heterocycles. The maximum Gasteiger partial charge on any atom is 0.306 e. The minimum atomic E-state index is -1.53. The van der Waals surface area contributed by atoms with Crippen LogP contribution in [0, 0.1) is 0 Å². The molecular weight excluding hydrogens is 781 g/mol. The average Bonchev–Trinajstić information content (AvgIpc) is 3.27. The number of allylic oxidation sites excluding steroid dienone is 2. The third kappa shape index (κ3) is 35.2. The van der Waals surface area contributed by atoms with E-state index in [2.05, 4.69) is 26.0 Å². The Bertz CT molecular complexity index is 961. The summed E-state index contributed by atoms with van der Waals surface area (Å²) in [5, 5.41) is 40.3. The van der Waals surface area contributed by atoms with Gasteiger partial charge in [0.2, 0.25) is 0 Å². The number of carbonyl (C=O) groups is 1. The van der Waals surface area contributed by atoms with Gasteiger partial charge in [-0.15, -0.1) is 0 Å². The summed E-state index contributed by atoms with van der Waals surface area (Å²) in [5.74, 6) is -0.309. The van der Waals surface area contributed by atoms with Crippen molar-refractivity contribution in [2.75, 3.05) is 26.4 Å². The van der Waals surface area contributed by atoms with Crippen molar-refractivity contribution < 1.29 is 44.2 Å². The predicted octanol–water partition coefficient (Wildman–Crippen LogP) is 13.2. The van der Waals surface area contributed by atoms with E-state index in [0.717, 1.165) is 32.1 Å². The van der Waals surface area contributed by atoms with Crippen LogP contribution in [-0.2, 0) is 23.7 Å². The highest BCUT2D eigenvalue weighted by molar-refractivity contribution is 5.69. The van der Waals surface area contributed by atoms with Gasteiger partial charge in [-0.05, 0) is 38.5 Å². The third-order valence-corrected chi connectivity index (χ3v) is 12.7. The maximum atomic E-state index is 12.8. The van der Waals surface area contributed by atoms with E-state index in [-0.39, 0.29) is 19.2 Å². The summed E-state index contributed by atoms with van der Waals surface area (Å²) < 4.78 is 22.9. The van der Waals surface area contributed by atoms with E-state index in [0.29, 0.717) is 13.0 Å². The summed E-state index contributed by atoms with van der Waals surface area (Å²) in [6.07, 6.45) is 45.3. The first-order chi connectivity index (χ1) is 30.4. The summed E-state index contributed by atoms with van der Waals surface area (Å²) in [4.78, 5) is 12.8. The summed E-state index contributed by atoms with van der Waals surface area (Å²) in [7, 11) is 0. The number of unbranched alkanes of at least 4 members (excludes halogenated alkanes) is 34. The molecule has 0 aliphatic carbocycles. The van der Waals surface area contributed by atoms with Crippen LogP contribution in [0.15, 0.2) is 12.2 Å². The second-order valence-corrected chi connectivity index (χ2v) is 18.7. The highest BCUT2D eigenvalue weighted by Gasteiger charge is 2.44. The van der Waals surface area contributed by atoms with Crippen molar-refractivity contribution in [2.45, 2.75) is 295 Å². The van der Waals surface area contributed by atoms with Gasteiger partial charge in [-0.1, -0.05) is 225 Å². The second-order valence-electron chi connectivity index (χ2n) is 18.7. The summed E-state index contributed by atoms with van der Waals surface area (Å²) in [5.41, 5.74) is 0. The van der Waals surface area contributed by atoms with Crippen LogP contribution in [0.3, 0.4) is 0 Å². The topological polar surface area (TPSA) is 135 Å². The lowest BCUT2D eigenvalue weighted by Gasteiger charge is -2.39. The van der Waals surface area contributed by atoms with Gasteiger partial charge in [-0.2, -0.15) is 0 Å². The van der Waals surface area contributed by atoms with Gasteiger partial charge >= 0.3 is 5.97 Å². The maximum absolute atomic E-state index is 12.8. The van der Waals surface area contributed by atoms with E-state index in [1.807, 2.05) is 0 Å². The standard InChI is InChI=1S/C53H102O9/c1-3-5-7-9-11-13-15-17-19-21-23-24-25-26-28-30-32-34-36-38-40-42-49(55)61-47(46-60-53-52(58)51(57)50(56)48(44-54)62-53)45-59-43-41-39-37-35-33-31-29-27-22-20-18-16-14-12-10-8-6-4-2/h21,23,47-48,50-54,56-58H,3-20,22,24-46H2,1-2H3/b23-21-. The quantitative estimate of drug-likeness (QED) is 0.0268. The minimum absolute atomic E-state index is 0.108. The smallest absolute Gasteiger partial charge is 0.306 e. The molecule has 0 saturated carbocycles. The van der Waals surface area contributed by atoms with Crippen molar-refractivity contribution in [2.24, 2.45) is 0 Å². The zero-order chi connectivity index (χ0) is 45.0. The molecule has 6 unspecified atom stereocenters. The molecule has 0 aromatic heterocycles. The molecule has 0 bridgehead atoms. The number of esters is 1. The van der Waals surface area contributed by atoms with Crippen molar-refractivity contribution in [3.8, 4) is 0 Å². The molecular formula is C53H102O9. The Morgan fingerprint density at radius 1 is 0.500 bits per heavy atom. The first kappa shape index (κ1) is 58.9. The van der Waals surface area contributed by atoms with Gasteiger partial charge in [0.15, 0.2) is 6.29 Å². The molecule has 0 aromatic carbocycles. The monoisotopic (exact) mass is 883 g/mol. The molecule has 1 rings (SSSR count). The van der Waals surface area contributed by atoms with Crippen molar-refractivity contribution in [1.82, 2.24) is 0 Å². The molecule has 9 heteroatoms. The Balaban J connectivity index is 2.17. The molecule has 0 radical (unpaired) electrons. The van der Waals surface area contributed by atoms with Gasteiger partial charge in [0.1, 0.15) is 30.5 Å². The molecule has 9 nitrogen and oxygen atoms in total. The Kier molecular flexibility index (Phi) is 42.9. The van der Waals surface area contributed by atoms with E-state index < -0.39 is 43.4 Å². The number of rotatable bonds is 47. The van der Waals surface area contributed by atoms with Crippen LogP contribution in [0.5, 0.6) is 0 Å². The lowest BCUT2D eigenvalue weighted by molar-refractivity contribution is -0.305. The Labute approximate surface area is 382 Å². The lowest BCUT2D eigenvalue weighted by atomic mass is 9.99. The molecule has 368 valence electrons. The van der Waals surface area contributed by atoms with Gasteiger partial charge in [0.05, 0.1) is 19.8 Å². The van der Waals surface area contributed by atoms with Gasteiger partial charge in [-0.25, -0.2) is 0 Å². The second kappa shape index (κ2) is 45.1. The fraction of sp³-hybridized carbons (Fsp3) is 0.943. The number of aliphatic hydroxyl groups is 4. The van der Waals surface area contributed by atoms with Crippen LogP contribution in [0.25, 0.3) is 0 Å². The van der Waals surface area contributed by atoms with Crippen molar-refractivity contribution in [3.63, 3.8) is 0 Å². The van der Waals surface area contributed by atoms with Gasteiger partial charge in [0, 0.05) is 13.0 Å². The molecule has 6 atom stereocenters.